The predicted molar refractivity (Wildman–Crippen MR) is 240 cm³/mol. The van der Waals surface area contributed by atoms with E-state index < -0.39 is 42.0 Å². The first kappa shape index (κ1) is 47.3. The van der Waals surface area contributed by atoms with Crippen LogP contribution in [-0.4, -0.2) is 93.0 Å². The number of primary sulfonamides is 1. The van der Waals surface area contributed by atoms with Gasteiger partial charge in [-0.15, -0.1) is 5.26 Å². The summed E-state index contributed by atoms with van der Waals surface area (Å²) in [5.41, 5.74) is 11.3. The lowest BCUT2D eigenvalue weighted by atomic mass is 9.98. The average molecular weight is 895 g/mol. The Hall–Kier alpha value is -4.20. The van der Waals surface area contributed by atoms with Gasteiger partial charge in [0.15, 0.2) is 9.84 Å². The van der Waals surface area contributed by atoms with Crippen molar-refractivity contribution in [1.82, 2.24) is 15.1 Å². The molecule has 2 unspecified atom stereocenters. The number of sulfonamides is 1. The van der Waals surface area contributed by atoms with Crippen molar-refractivity contribution in [3.05, 3.63) is 56.6 Å². The Morgan fingerprint density at radius 3 is 1.73 bits per heavy atom. The van der Waals surface area contributed by atoms with Crippen LogP contribution in [0.25, 0.3) is 0 Å². The third-order valence-corrected chi connectivity index (χ3v) is 16.4. The number of nitrogens with one attached hydrogen (secondary N) is 2. The number of urea groups is 1. The molecule has 2 atom stereocenters. The van der Waals surface area contributed by atoms with Gasteiger partial charge in [0.25, 0.3) is 6.26 Å². The third kappa shape index (κ3) is 11.7. The highest BCUT2D eigenvalue weighted by atomic mass is 32.2. The second-order valence-corrected chi connectivity index (χ2v) is 22.7. The molecule has 2 heterocycles. The van der Waals surface area contributed by atoms with Crippen LogP contribution in [0.4, 0.5) is 10.5 Å². The van der Waals surface area contributed by atoms with Gasteiger partial charge >= 0.3 is 6.03 Å². The number of likely N-dealkylation sites (tertiary alicyclic amines) is 2. The largest absolute Gasteiger partial charge is 0.387 e. The molecule has 2 fully saturated rings. The number of anilines is 1. The molecule has 0 saturated carbocycles. The van der Waals surface area contributed by atoms with Crippen molar-refractivity contribution in [3.8, 4) is 12.0 Å². The van der Waals surface area contributed by atoms with E-state index in [1.54, 1.807) is 9.80 Å². The molecule has 0 aromatic heterocycles. The number of aryl methyl sites for hydroxylation is 4. The molecule has 16 heteroatoms. The van der Waals surface area contributed by atoms with Gasteiger partial charge < -0.3 is 25.2 Å². The number of nitrogens with two attached hydrogens (primary N) is 1. The summed E-state index contributed by atoms with van der Waals surface area (Å²) >= 11 is 0. The lowest BCUT2D eigenvalue weighted by Gasteiger charge is -2.33. The van der Waals surface area contributed by atoms with Gasteiger partial charge in [-0.2, -0.15) is 0 Å². The van der Waals surface area contributed by atoms with Crippen LogP contribution < -0.4 is 20.5 Å². The number of rotatable bonds is 9. The minimum atomic E-state index is -3.66. The molecular formula is C46H66N6O8S2. The number of nitrogens with zero attached hydrogens (tertiary/aromatic N) is 3. The number of piperidine rings is 2. The summed E-state index contributed by atoms with van der Waals surface area (Å²) in [6.45, 7) is 9.28. The molecule has 0 radical (unpaired) electrons. The number of hydrogen-bond acceptors (Lipinski definition) is 9. The Morgan fingerprint density at radius 2 is 1.23 bits per heavy atom. The predicted octanol–water partition coefficient (Wildman–Crippen LogP) is 5.44. The summed E-state index contributed by atoms with van der Waals surface area (Å²) in [6, 6.07) is 4.38. The Kier molecular flexibility index (Phi) is 15.7. The van der Waals surface area contributed by atoms with E-state index >= 15 is 0 Å². The van der Waals surface area contributed by atoms with Gasteiger partial charge in [-0.1, -0.05) is 26.0 Å². The van der Waals surface area contributed by atoms with Crippen molar-refractivity contribution in [3.63, 3.8) is 0 Å². The maximum atomic E-state index is 13.0. The summed E-state index contributed by atoms with van der Waals surface area (Å²) in [5, 5.41) is 18.3. The van der Waals surface area contributed by atoms with Crippen molar-refractivity contribution in [2.75, 3.05) is 37.2 Å². The molecule has 8 rings (SSSR count). The molecule has 0 spiro atoms. The van der Waals surface area contributed by atoms with Crippen LogP contribution in [0, 0.1) is 17.4 Å². The number of ether oxygens (including phenoxy) is 1. The summed E-state index contributed by atoms with van der Waals surface area (Å²) in [5.74, 6) is 0.235. The Bertz CT molecular complexity index is 2210. The summed E-state index contributed by atoms with van der Waals surface area (Å²) in [4.78, 5) is 40.1. The van der Waals surface area contributed by atoms with Crippen LogP contribution in [0.3, 0.4) is 0 Å². The summed E-state index contributed by atoms with van der Waals surface area (Å²) < 4.78 is 53.7. The van der Waals surface area contributed by atoms with E-state index in [4.69, 9.17) is 15.1 Å². The van der Waals surface area contributed by atoms with Gasteiger partial charge in [-0.3, -0.25) is 9.59 Å². The Morgan fingerprint density at radius 1 is 0.742 bits per heavy atom. The van der Waals surface area contributed by atoms with E-state index in [-0.39, 0.29) is 31.1 Å². The minimum Gasteiger partial charge on any atom is -0.387 e. The summed E-state index contributed by atoms with van der Waals surface area (Å²) in [6.07, 6.45) is 17.7. The van der Waals surface area contributed by atoms with Crippen molar-refractivity contribution >= 4 is 43.4 Å². The molecule has 2 aliphatic heterocycles. The molecule has 2 aromatic carbocycles. The van der Waals surface area contributed by atoms with Crippen LogP contribution in [-0.2, 0) is 80.8 Å². The molecule has 6 aliphatic rings. The molecule has 62 heavy (non-hydrogen) atoms. The van der Waals surface area contributed by atoms with Crippen molar-refractivity contribution in [1.29, 1.82) is 5.26 Å². The molecule has 4 aliphatic carbocycles. The fourth-order valence-corrected chi connectivity index (χ4v) is 12.5. The molecular weight excluding hydrogens is 829 g/mol. The van der Waals surface area contributed by atoms with Gasteiger partial charge in [-0.25, -0.2) is 26.8 Å². The highest BCUT2D eigenvalue weighted by Crippen LogP contribution is 2.41. The first-order chi connectivity index (χ1) is 29.4. The second kappa shape index (κ2) is 20.5. The number of amides is 4. The van der Waals surface area contributed by atoms with Gasteiger partial charge in [-0.05, 0) is 167 Å². The maximum absolute atomic E-state index is 13.0. The molecule has 2 aromatic rings. The number of carbonyl (C=O) groups is 3. The highest BCUT2D eigenvalue weighted by Gasteiger charge is 2.35. The average Bonchev–Trinajstić information content (AvgIpc) is 4.05. The second-order valence-electron chi connectivity index (χ2n) is 18.6. The van der Waals surface area contributed by atoms with E-state index in [1.165, 1.54) is 57.3 Å². The van der Waals surface area contributed by atoms with Gasteiger partial charge in [0, 0.05) is 44.3 Å². The zero-order chi connectivity index (χ0) is 44.8. The monoisotopic (exact) mass is 894 g/mol. The Balaban J connectivity index is 0.000000173. The molecule has 340 valence electrons. The van der Waals surface area contributed by atoms with Gasteiger partial charge in [0.05, 0.1) is 10.5 Å². The third-order valence-electron chi connectivity index (χ3n) is 13.0. The van der Waals surface area contributed by atoms with E-state index in [0.717, 1.165) is 75.6 Å². The highest BCUT2D eigenvalue weighted by molar-refractivity contribution is 7.92. The number of hydrogen-bond donors (Lipinski definition) is 3. The Labute approximate surface area is 368 Å². The molecule has 14 nitrogen and oxygen atoms in total. The fraction of sp³-hybridized carbons (Fsp3) is 0.652. The van der Waals surface area contributed by atoms with Gasteiger partial charge in [0.2, 0.25) is 21.8 Å². The van der Waals surface area contributed by atoms with Crippen LogP contribution >= 0.6 is 0 Å². The van der Waals surface area contributed by atoms with Crippen LogP contribution in [0.5, 0.6) is 5.75 Å². The summed E-state index contributed by atoms with van der Waals surface area (Å²) in [7, 11) is -7.17. The first-order valence-corrected chi connectivity index (χ1v) is 26.0. The normalized spacial score (nSPS) is 20.2. The van der Waals surface area contributed by atoms with Crippen molar-refractivity contribution in [2.45, 2.75) is 153 Å². The quantitative estimate of drug-likeness (QED) is 0.274. The lowest BCUT2D eigenvalue weighted by Crippen LogP contribution is -2.51. The zero-order valence-corrected chi connectivity index (χ0v) is 38.7. The van der Waals surface area contributed by atoms with E-state index in [1.807, 2.05) is 34.0 Å². The molecule has 4 amide bonds. The molecule has 4 N–H and O–H groups in total. The molecule has 0 bridgehead atoms. The number of nitriles is 1. The van der Waals surface area contributed by atoms with Crippen molar-refractivity contribution in [2.24, 2.45) is 11.1 Å². The standard InChI is InChI=1S/C23H33N3O4S.C13H13NO.C10H20N2O3S/c1-15(2)24-23(28)26-11-5-8-18(13-26)31(29,30)14-21(27)25-22-19-9-3-6-16(19)12-17-7-4-10-20(17)22;14-8-15-13-11-5-1-3-9(11)7-10-4-2-6-12(10)13;1-8(2)6-10(13)12-5-3-4-9(7-12)16(11,14)15/h12,15,18H,3-11,13-14H2,1-2H3,(H,24,28)(H,25,27);7H,1-6H2;8-9H,3-7H2,1-2H3,(H2,11,14,15). The first-order valence-electron chi connectivity index (χ1n) is 22.7. The number of carbonyl (C=O) groups excluding carboxylic acids is 3. The van der Waals surface area contributed by atoms with E-state index in [0.29, 0.717) is 51.1 Å². The fourth-order valence-electron chi connectivity index (χ4n) is 10.0. The smallest absolute Gasteiger partial charge is 0.317 e. The number of fused-ring (bicyclic) bond motifs is 4. The van der Waals surface area contributed by atoms with Crippen LogP contribution in [0.15, 0.2) is 12.1 Å². The number of sulfone groups is 1. The van der Waals surface area contributed by atoms with E-state index in [2.05, 4.69) is 22.8 Å². The topological polar surface area (TPSA) is 209 Å². The minimum absolute atomic E-state index is 0.00964. The number of benzene rings is 2. The van der Waals surface area contributed by atoms with Crippen LogP contribution in [0.1, 0.15) is 130 Å². The molecule has 2 saturated heterocycles. The lowest BCUT2D eigenvalue weighted by molar-refractivity contribution is -0.132. The van der Waals surface area contributed by atoms with E-state index in [9.17, 15) is 31.2 Å². The van der Waals surface area contributed by atoms with Crippen LogP contribution in [0.2, 0.25) is 0 Å². The van der Waals surface area contributed by atoms with Gasteiger partial charge in [0.1, 0.15) is 11.5 Å². The maximum Gasteiger partial charge on any atom is 0.317 e. The van der Waals surface area contributed by atoms with Crippen molar-refractivity contribution < 1.29 is 36.0 Å². The SMILES string of the molecule is CC(C)CC(=O)N1CCCC(S(N)(=O)=O)C1.CC(C)NC(=O)N1CCCC(S(=O)(=O)CC(=O)Nc2c3c(cc4c2CCC4)CCC3)C1.N#COc1c2c(cc3c1CCC3)CCC2. The zero-order valence-electron chi connectivity index (χ0n) is 37.0.